The van der Waals surface area contributed by atoms with Crippen molar-refractivity contribution in [2.45, 2.75) is 50.2 Å². The van der Waals surface area contributed by atoms with Crippen LogP contribution in [0.4, 0.5) is 14.5 Å². The molecule has 48 heavy (non-hydrogen) atoms. The molecular formula is C36H37F2N3O6S. The van der Waals surface area contributed by atoms with E-state index < -0.39 is 46.1 Å². The van der Waals surface area contributed by atoms with E-state index in [1.54, 1.807) is 18.2 Å². The van der Waals surface area contributed by atoms with E-state index in [-0.39, 0.29) is 47.5 Å². The Morgan fingerprint density at radius 2 is 1.54 bits per heavy atom. The third-order valence-electron chi connectivity index (χ3n) is 8.07. The van der Waals surface area contributed by atoms with Crippen LogP contribution < -0.4 is 19.1 Å². The summed E-state index contributed by atoms with van der Waals surface area (Å²) in [5.41, 5.74) is 0.893. The molecule has 1 aliphatic rings. The van der Waals surface area contributed by atoms with Crippen LogP contribution in [0, 0.1) is 11.6 Å². The van der Waals surface area contributed by atoms with E-state index in [1.807, 2.05) is 32.0 Å². The number of anilines is 1. The maximum absolute atomic E-state index is 15.1. The highest BCUT2D eigenvalue weighted by atomic mass is 32.2. The van der Waals surface area contributed by atoms with Crippen molar-refractivity contribution in [1.29, 1.82) is 0 Å². The van der Waals surface area contributed by atoms with Crippen LogP contribution >= 0.6 is 0 Å². The zero-order valence-corrected chi connectivity index (χ0v) is 27.5. The van der Waals surface area contributed by atoms with E-state index >= 15 is 4.39 Å². The second kappa shape index (κ2) is 15.3. The Hall–Kier alpha value is -4.97. The molecule has 9 nitrogen and oxygen atoms in total. The number of nitrogens with one attached hydrogen (secondary N) is 1. The molecule has 4 aromatic carbocycles. The summed E-state index contributed by atoms with van der Waals surface area (Å²) in [7, 11) is -4.48. The molecule has 0 fully saturated rings. The zero-order chi connectivity index (χ0) is 34.3. The summed E-state index contributed by atoms with van der Waals surface area (Å²) in [6.45, 7) is 3.17. The van der Waals surface area contributed by atoms with Gasteiger partial charge in [0.25, 0.3) is 10.0 Å². The van der Waals surface area contributed by atoms with Crippen molar-refractivity contribution in [3.8, 4) is 11.5 Å². The van der Waals surface area contributed by atoms with Crippen LogP contribution in [0.2, 0.25) is 0 Å². The van der Waals surface area contributed by atoms with Crippen LogP contribution in [-0.2, 0) is 32.6 Å². The lowest BCUT2D eigenvalue weighted by Gasteiger charge is -2.34. The zero-order valence-electron chi connectivity index (χ0n) is 26.6. The summed E-state index contributed by atoms with van der Waals surface area (Å²) >= 11 is 0. The van der Waals surface area contributed by atoms with Gasteiger partial charge in [-0.1, -0.05) is 55.5 Å². The van der Waals surface area contributed by atoms with Crippen molar-refractivity contribution in [3.63, 3.8) is 0 Å². The van der Waals surface area contributed by atoms with Crippen LogP contribution in [0.5, 0.6) is 11.5 Å². The second-order valence-electron chi connectivity index (χ2n) is 11.4. The number of carbonyl (C=O) groups is 2. The molecule has 0 aliphatic carbocycles. The number of fused-ring (bicyclic) bond motifs is 1. The lowest BCUT2D eigenvalue weighted by Crippen LogP contribution is -2.54. The summed E-state index contributed by atoms with van der Waals surface area (Å²) in [5.74, 6) is -1.84. The third-order valence-corrected chi connectivity index (χ3v) is 9.84. The highest BCUT2D eigenvalue weighted by Gasteiger charge is 2.35. The molecule has 0 radical (unpaired) electrons. The van der Waals surface area contributed by atoms with Crippen LogP contribution in [0.3, 0.4) is 0 Å². The minimum atomic E-state index is -4.48. The number of carbonyl (C=O) groups excluding carboxylic acids is 2. The molecule has 5 rings (SSSR count). The van der Waals surface area contributed by atoms with Crippen molar-refractivity contribution < 1.29 is 36.3 Å². The molecule has 12 heteroatoms. The lowest BCUT2D eigenvalue weighted by atomic mass is 10.0. The summed E-state index contributed by atoms with van der Waals surface area (Å²) < 4.78 is 69.6. The SMILES string of the molecule is CC[C@H](C)NC(=O)[C@@H](Cc1ccccc1)N(Cc1ccccc1F)C(=O)CN(c1ccc(F)cc1)S(=O)(=O)c1ccc2c(c1)OCCO2. The molecule has 1 aliphatic heterocycles. The Morgan fingerprint density at radius 3 is 2.23 bits per heavy atom. The Bertz CT molecular complexity index is 1840. The number of nitrogens with zero attached hydrogens (tertiary/aromatic N) is 2. The van der Waals surface area contributed by atoms with E-state index in [9.17, 15) is 22.4 Å². The van der Waals surface area contributed by atoms with E-state index in [4.69, 9.17) is 9.47 Å². The first-order valence-electron chi connectivity index (χ1n) is 15.6. The van der Waals surface area contributed by atoms with Gasteiger partial charge in [-0.2, -0.15) is 0 Å². The standard InChI is InChI=1S/C36H37F2N3O6S/c1-3-25(2)39-36(43)32(21-26-9-5-4-6-10-26)40(23-27-11-7-8-12-31(27)38)35(42)24-41(29-15-13-28(37)14-16-29)48(44,45)30-17-18-33-34(22-30)47-20-19-46-33/h4-18,22,25,32H,3,19-21,23-24H2,1-2H3,(H,39,43)/t25-,32+/m0/s1. The normalized spacial score (nSPS) is 13.7. The third kappa shape index (κ3) is 8.11. The molecule has 2 amide bonds. The number of ether oxygens (including phenoxy) is 2. The Balaban J connectivity index is 1.58. The first-order chi connectivity index (χ1) is 23.1. The molecule has 0 spiro atoms. The maximum atomic E-state index is 15.1. The van der Waals surface area contributed by atoms with Crippen molar-refractivity contribution in [2.75, 3.05) is 24.1 Å². The van der Waals surface area contributed by atoms with Crippen LogP contribution in [0.25, 0.3) is 0 Å². The van der Waals surface area contributed by atoms with Crippen molar-refractivity contribution in [1.82, 2.24) is 10.2 Å². The Labute approximate surface area is 279 Å². The van der Waals surface area contributed by atoms with Gasteiger partial charge >= 0.3 is 0 Å². The fourth-order valence-corrected chi connectivity index (χ4v) is 6.68. The molecule has 1 N–H and O–H groups in total. The summed E-state index contributed by atoms with van der Waals surface area (Å²) in [5, 5.41) is 2.94. The van der Waals surface area contributed by atoms with E-state index in [0.29, 0.717) is 18.8 Å². The van der Waals surface area contributed by atoms with Crippen molar-refractivity contribution in [3.05, 3.63) is 120 Å². The van der Waals surface area contributed by atoms with Gasteiger partial charge in [-0.3, -0.25) is 13.9 Å². The average Bonchev–Trinajstić information content (AvgIpc) is 3.09. The number of hydrogen-bond donors (Lipinski definition) is 1. The number of amides is 2. The van der Waals surface area contributed by atoms with Gasteiger partial charge in [-0.25, -0.2) is 17.2 Å². The largest absolute Gasteiger partial charge is 0.486 e. The van der Waals surface area contributed by atoms with Gasteiger partial charge in [-0.05, 0) is 61.4 Å². The highest BCUT2D eigenvalue weighted by molar-refractivity contribution is 7.92. The average molecular weight is 678 g/mol. The smallest absolute Gasteiger partial charge is 0.264 e. The molecule has 2 atom stereocenters. The van der Waals surface area contributed by atoms with Crippen LogP contribution in [-0.4, -0.2) is 57.0 Å². The minimum absolute atomic E-state index is 0.00847. The number of rotatable bonds is 13. The van der Waals surface area contributed by atoms with Gasteiger partial charge in [0, 0.05) is 30.6 Å². The minimum Gasteiger partial charge on any atom is -0.486 e. The number of benzene rings is 4. The second-order valence-corrected chi connectivity index (χ2v) is 13.3. The summed E-state index contributed by atoms with van der Waals surface area (Å²) in [6, 6.07) is 22.3. The first-order valence-corrected chi connectivity index (χ1v) is 17.1. The van der Waals surface area contributed by atoms with Crippen molar-refractivity contribution in [2.24, 2.45) is 0 Å². The van der Waals surface area contributed by atoms with E-state index in [1.165, 1.54) is 53.4 Å². The van der Waals surface area contributed by atoms with Gasteiger partial charge < -0.3 is 19.7 Å². The molecule has 252 valence electrons. The molecular weight excluding hydrogens is 640 g/mol. The Kier molecular flexibility index (Phi) is 10.9. The van der Waals surface area contributed by atoms with E-state index in [2.05, 4.69) is 5.32 Å². The Morgan fingerprint density at radius 1 is 0.875 bits per heavy atom. The molecule has 0 unspecified atom stereocenters. The molecule has 0 saturated heterocycles. The monoisotopic (exact) mass is 677 g/mol. The number of sulfonamides is 1. The fourth-order valence-electron chi connectivity index (χ4n) is 5.25. The predicted molar refractivity (Wildman–Crippen MR) is 177 cm³/mol. The predicted octanol–water partition coefficient (Wildman–Crippen LogP) is 5.49. The highest BCUT2D eigenvalue weighted by Crippen LogP contribution is 2.34. The van der Waals surface area contributed by atoms with Gasteiger partial charge in [0.05, 0.1) is 10.6 Å². The van der Waals surface area contributed by atoms with Gasteiger partial charge in [-0.15, -0.1) is 0 Å². The van der Waals surface area contributed by atoms with Crippen LogP contribution in [0.15, 0.2) is 102 Å². The van der Waals surface area contributed by atoms with Gasteiger partial charge in [0.15, 0.2) is 11.5 Å². The fraction of sp³-hybridized carbons (Fsp3) is 0.278. The van der Waals surface area contributed by atoms with Crippen molar-refractivity contribution >= 4 is 27.5 Å². The quantitative estimate of drug-likeness (QED) is 0.201. The lowest BCUT2D eigenvalue weighted by molar-refractivity contribution is -0.140. The van der Waals surface area contributed by atoms with Gasteiger partial charge in [0.1, 0.15) is 37.4 Å². The molecule has 1 heterocycles. The topological polar surface area (TPSA) is 105 Å². The van der Waals surface area contributed by atoms with Gasteiger partial charge in [0.2, 0.25) is 11.8 Å². The van der Waals surface area contributed by atoms with Crippen LogP contribution in [0.1, 0.15) is 31.4 Å². The molecule has 0 saturated carbocycles. The summed E-state index contributed by atoms with van der Waals surface area (Å²) in [6.07, 6.45) is 0.700. The maximum Gasteiger partial charge on any atom is 0.264 e. The molecule has 0 aromatic heterocycles. The summed E-state index contributed by atoms with van der Waals surface area (Å²) in [4.78, 5) is 29.4. The first kappa shape index (κ1) is 34.4. The molecule has 4 aromatic rings. The van der Waals surface area contributed by atoms with E-state index in [0.717, 1.165) is 22.0 Å². The number of halogens is 2. The number of hydrogen-bond acceptors (Lipinski definition) is 6. The molecule has 0 bridgehead atoms.